The highest BCUT2D eigenvalue weighted by molar-refractivity contribution is 9.10. The predicted molar refractivity (Wildman–Crippen MR) is 81.5 cm³/mol. The minimum atomic E-state index is -0.728. The minimum Gasteiger partial charge on any atom is -0.384 e. The lowest BCUT2D eigenvalue weighted by Crippen LogP contribution is -2.20. The zero-order chi connectivity index (χ0) is 14.9. The second kappa shape index (κ2) is 5.88. The van der Waals surface area contributed by atoms with Crippen LogP contribution in [0.1, 0.15) is 10.4 Å². The summed E-state index contributed by atoms with van der Waals surface area (Å²) in [6.07, 6.45) is 0. The quantitative estimate of drug-likeness (QED) is 0.645. The molecule has 0 spiro atoms. The Morgan fingerprint density at radius 2 is 1.95 bits per heavy atom. The molecule has 0 atom stereocenters. The van der Waals surface area contributed by atoms with Gasteiger partial charge in [0, 0.05) is 27.3 Å². The summed E-state index contributed by atoms with van der Waals surface area (Å²) >= 11 is 4.84. The molecule has 3 N–H and O–H groups in total. The SMILES string of the molecule is CN(Cc1cc(Br)cs1)c1c(F)cc(C(=N)N)cc1F. The molecule has 0 aliphatic heterocycles. The third-order valence-electron chi connectivity index (χ3n) is 2.72. The number of nitrogen functional groups attached to an aromatic ring is 1. The highest BCUT2D eigenvalue weighted by atomic mass is 79.9. The van der Waals surface area contributed by atoms with Crippen LogP contribution in [0.25, 0.3) is 0 Å². The lowest BCUT2D eigenvalue weighted by Gasteiger charge is -2.20. The molecule has 0 bridgehead atoms. The summed E-state index contributed by atoms with van der Waals surface area (Å²) in [6, 6.07) is 4.05. The topological polar surface area (TPSA) is 53.1 Å². The van der Waals surface area contributed by atoms with Gasteiger partial charge in [-0.05, 0) is 34.1 Å². The number of amidine groups is 1. The molecule has 1 heterocycles. The van der Waals surface area contributed by atoms with Crippen molar-refractivity contribution in [2.24, 2.45) is 5.73 Å². The van der Waals surface area contributed by atoms with Crippen molar-refractivity contribution >= 4 is 38.8 Å². The van der Waals surface area contributed by atoms with Crippen LogP contribution >= 0.6 is 27.3 Å². The Kier molecular flexibility index (Phi) is 4.39. The number of nitrogens with one attached hydrogen (secondary N) is 1. The molecule has 1 aromatic heterocycles. The fourth-order valence-electron chi connectivity index (χ4n) is 1.84. The summed E-state index contributed by atoms with van der Waals surface area (Å²) < 4.78 is 28.9. The molecule has 0 radical (unpaired) electrons. The lowest BCUT2D eigenvalue weighted by molar-refractivity contribution is 0.576. The molecule has 106 valence electrons. The summed E-state index contributed by atoms with van der Waals surface area (Å²) in [6.45, 7) is 0.392. The van der Waals surface area contributed by atoms with Crippen molar-refractivity contribution in [1.29, 1.82) is 5.41 Å². The Morgan fingerprint density at radius 1 is 1.35 bits per heavy atom. The summed E-state index contributed by atoms with van der Waals surface area (Å²) in [7, 11) is 1.61. The van der Waals surface area contributed by atoms with Crippen LogP contribution < -0.4 is 10.6 Å². The van der Waals surface area contributed by atoms with Crippen molar-refractivity contribution < 1.29 is 8.78 Å². The van der Waals surface area contributed by atoms with E-state index in [-0.39, 0.29) is 17.1 Å². The normalized spacial score (nSPS) is 10.6. The number of anilines is 1. The monoisotopic (exact) mass is 359 g/mol. The average molecular weight is 360 g/mol. The third-order valence-corrected chi connectivity index (χ3v) is 4.41. The Balaban J connectivity index is 2.30. The molecule has 2 rings (SSSR count). The first-order chi connectivity index (χ1) is 9.38. The van der Waals surface area contributed by atoms with Crippen LogP contribution in [0.2, 0.25) is 0 Å². The number of halogens is 3. The van der Waals surface area contributed by atoms with Crippen LogP contribution in [0, 0.1) is 17.0 Å². The number of nitrogens with zero attached hydrogens (tertiary/aromatic N) is 1. The Bertz CT molecular complexity index is 634. The van der Waals surface area contributed by atoms with Crippen molar-refractivity contribution in [3.05, 3.63) is 50.1 Å². The van der Waals surface area contributed by atoms with Gasteiger partial charge >= 0.3 is 0 Å². The second-order valence-corrected chi connectivity index (χ2v) is 6.20. The number of hydrogen-bond donors (Lipinski definition) is 2. The van der Waals surface area contributed by atoms with Gasteiger partial charge in [0.05, 0.1) is 6.54 Å². The third kappa shape index (κ3) is 3.16. The van der Waals surface area contributed by atoms with Crippen LogP contribution in [-0.4, -0.2) is 12.9 Å². The number of thiophene rings is 1. The zero-order valence-corrected chi connectivity index (χ0v) is 13.0. The molecule has 0 fully saturated rings. The molecule has 0 saturated heterocycles. The Labute approximate surface area is 127 Å². The van der Waals surface area contributed by atoms with Crippen LogP contribution in [-0.2, 0) is 6.54 Å². The van der Waals surface area contributed by atoms with Crippen LogP contribution in [0.4, 0.5) is 14.5 Å². The van der Waals surface area contributed by atoms with E-state index < -0.39 is 11.6 Å². The first-order valence-corrected chi connectivity index (χ1v) is 7.33. The largest absolute Gasteiger partial charge is 0.384 e. The van der Waals surface area contributed by atoms with Gasteiger partial charge in [0.25, 0.3) is 0 Å². The highest BCUT2D eigenvalue weighted by Crippen LogP contribution is 2.27. The molecule has 0 amide bonds. The van der Waals surface area contributed by atoms with E-state index in [1.165, 1.54) is 16.2 Å². The van der Waals surface area contributed by atoms with Gasteiger partial charge in [0.2, 0.25) is 0 Å². The van der Waals surface area contributed by atoms with E-state index in [1.807, 2.05) is 11.4 Å². The fraction of sp³-hybridized carbons (Fsp3) is 0.154. The van der Waals surface area contributed by atoms with Gasteiger partial charge in [0.1, 0.15) is 23.2 Å². The molecule has 0 aliphatic carbocycles. The maximum Gasteiger partial charge on any atom is 0.150 e. The minimum absolute atomic E-state index is 0.0380. The zero-order valence-electron chi connectivity index (χ0n) is 10.6. The van der Waals surface area contributed by atoms with Crippen molar-refractivity contribution in [2.45, 2.75) is 6.54 Å². The maximum atomic E-state index is 14.0. The molecular formula is C13H12BrF2N3S. The summed E-state index contributed by atoms with van der Waals surface area (Å²) in [5, 5.41) is 9.13. The first kappa shape index (κ1) is 14.9. The number of rotatable bonds is 4. The Hall–Kier alpha value is -1.47. The molecule has 0 saturated carbocycles. The molecule has 3 nitrogen and oxygen atoms in total. The second-order valence-electron chi connectivity index (χ2n) is 4.29. The summed E-state index contributed by atoms with van der Waals surface area (Å²) in [4.78, 5) is 2.47. The van der Waals surface area contributed by atoms with Crippen molar-refractivity contribution in [2.75, 3.05) is 11.9 Å². The number of benzene rings is 1. The van der Waals surface area contributed by atoms with Crippen LogP contribution in [0.5, 0.6) is 0 Å². The van der Waals surface area contributed by atoms with Gasteiger partial charge in [0.15, 0.2) is 0 Å². The highest BCUT2D eigenvalue weighted by Gasteiger charge is 2.17. The van der Waals surface area contributed by atoms with Gasteiger partial charge in [-0.2, -0.15) is 0 Å². The van der Waals surface area contributed by atoms with E-state index in [4.69, 9.17) is 11.1 Å². The van der Waals surface area contributed by atoms with E-state index in [1.54, 1.807) is 7.05 Å². The fourth-order valence-corrected chi connectivity index (χ4v) is 3.34. The van der Waals surface area contributed by atoms with Gasteiger partial charge in [-0.15, -0.1) is 11.3 Å². The molecule has 2 aromatic rings. The van der Waals surface area contributed by atoms with E-state index in [2.05, 4.69) is 15.9 Å². The molecule has 0 unspecified atom stereocenters. The van der Waals surface area contributed by atoms with E-state index in [0.717, 1.165) is 21.5 Å². The lowest BCUT2D eigenvalue weighted by atomic mass is 10.1. The summed E-state index contributed by atoms with van der Waals surface area (Å²) in [5.41, 5.74) is 5.15. The Morgan fingerprint density at radius 3 is 2.40 bits per heavy atom. The maximum absolute atomic E-state index is 14.0. The standard InChI is InChI=1S/C13H12BrF2N3S/c1-19(5-9-4-8(14)6-20-9)12-10(15)2-7(13(17)18)3-11(12)16/h2-4,6H,5H2,1H3,(H3,17,18). The molecule has 1 aromatic carbocycles. The van der Waals surface area contributed by atoms with Crippen LogP contribution in [0.3, 0.4) is 0 Å². The van der Waals surface area contributed by atoms with Crippen LogP contribution in [0.15, 0.2) is 28.1 Å². The smallest absolute Gasteiger partial charge is 0.150 e. The molecular weight excluding hydrogens is 348 g/mol. The molecule has 20 heavy (non-hydrogen) atoms. The summed E-state index contributed by atoms with van der Waals surface area (Å²) in [5.74, 6) is -1.82. The van der Waals surface area contributed by atoms with Crippen molar-refractivity contribution in [3.8, 4) is 0 Å². The van der Waals surface area contributed by atoms with Crippen molar-refractivity contribution in [1.82, 2.24) is 0 Å². The van der Waals surface area contributed by atoms with Crippen molar-refractivity contribution in [3.63, 3.8) is 0 Å². The van der Waals surface area contributed by atoms with E-state index in [9.17, 15) is 8.78 Å². The first-order valence-electron chi connectivity index (χ1n) is 5.66. The molecule has 0 aliphatic rings. The number of hydrogen-bond acceptors (Lipinski definition) is 3. The van der Waals surface area contributed by atoms with Gasteiger partial charge in [-0.3, -0.25) is 5.41 Å². The molecule has 7 heteroatoms. The number of nitrogens with two attached hydrogens (primary N) is 1. The predicted octanol–water partition coefficient (Wildman–Crippen LogP) is 3.71. The average Bonchev–Trinajstić information content (AvgIpc) is 2.73. The van der Waals surface area contributed by atoms with Gasteiger partial charge < -0.3 is 10.6 Å². The van der Waals surface area contributed by atoms with Gasteiger partial charge in [-0.1, -0.05) is 0 Å². The van der Waals surface area contributed by atoms with E-state index in [0.29, 0.717) is 6.54 Å². The van der Waals surface area contributed by atoms with E-state index >= 15 is 0 Å². The van der Waals surface area contributed by atoms with Gasteiger partial charge in [-0.25, -0.2) is 8.78 Å².